The van der Waals surface area contributed by atoms with E-state index in [0.717, 1.165) is 58.3 Å². The summed E-state index contributed by atoms with van der Waals surface area (Å²) in [4.78, 5) is 5.33. The van der Waals surface area contributed by atoms with Crippen molar-refractivity contribution in [1.29, 1.82) is 0 Å². The Kier molecular flexibility index (Phi) is 16.9. The first kappa shape index (κ1) is 38.7. The van der Waals surface area contributed by atoms with E-state index < -0.39 is 0 Å². The zero-order valence-electron chi connectivity index (χ0n) is 28.9. The highest BCUT2D eigenvalue weighted by molar-refractivity contribution is 4.98. The maximum atomic E-state index is 6.60. The van der Waals surface area contributed by atoms with Crippen molar-refractivity contribution in [2.75, 3.05) is 32.7 Å². The van der Waals surface area contributed by atoms with Crippen molar-refractivity contribution >= 4 is 0 Å². The van der Waals surface area contributed by atoms with E-state index in [1.165, 1.54) is 0 Å². The highest BCUT2D eigenvalue weighted by Gasteiger charge is 2.41. The summed E-state index contributed by atoms with van der Waals surface area (Å²) >= 11 is 0. The van der Waals surface area contributed by atoms with Crippen LogP contribution < -0.4 is 27.4 Å². The predicted octanol–water partition coefficient (Wildman–Crippen LogP) is 4.89. The van der Waals surface area contributed by atoms with E-state index in [4.69, 9.17) is 11.5 Å². The standard InChI is InChI=1S/C32H73N7/c1-25(2)35-21-15-27(5)39(31(11,12)18-23-37-29(7,8)16-20-33)32(13,14)19-24-38(28(6)34)30(9,10)17-22-36-26(3)4/h25-28,35-37H,15-24,33-34H2,1-14H3. The Labute approximate surface area is 245 Å². The van der Waals surface area contributed by atoms with Gasteiger partial charge in [0.25, 0.3) is 0 Å². The van der Waals surface area contributed by atoms with Crippen LogP contribution in [0.2, 0.25) is 0 Å². The molecule has 0 heterocycles. The van der Waals surface area contributed by atoms with Crippen LogP contribution in [0.5, 0.6) is 0 Å². The average Bonchev–Trinajstić information content (AvgIpc) is 2.71. The van der Waals surface area contributed by atoms with Crippen molar-refractivity contribution in [2.45, 2.75) is 175 Å². The summed E-state index contributed by atoms with van der Waals surface area (Å²) in [6.07, 6.45) is 5.33. The lowest BCUT2D eigenvalue weighted by atomic mass is 9.84. The molecular weight excluding hydrogens is 482 g/mol. The molecule has 0 radical (unpaired) electrons. The van der Waals surface area contributed by atoms with Crippen LogP contribution in [0, 0.1) is 0 Å². The van der Waals surface area contributed by atoms with Gasteiger partial charge in [-0.3, -0.25) is 9.80 Å². The van der Waals surface area contributed by atoms with Gasteiger partial charge in [-0.05, 0) is 128 Å². The van der Waals surface area contributed by atoms with Gasteiger partial charge in [-0.25, -0.2) is 0 Å². The molecule has 39 heavy (non-hydrogen) atoms. The fourth-order valence-corrected chi connectivity index (χ4v) is 6.38. The van der Waals surface area contributed by atoms with Gasteiger partial charge in [0.05, 0.1) is 6.17 Å². The van der Waals surface area contributed by atoms with Gasteiger partial charge in [-0.15, -0.1) is 0 Å². The molecule has 0 fully saturated rings. The quantitative estimate of drug-likeness (QED) is 0.121. The molecule has 0 aliphatic rings. The lowest BCUT2D eigenvalue weighted by molar-refractivity contribution is -0.0414. The molecule has 2 unspecified atom stereocenters. The molecule has 0 aromatic rings. The monoisotopic (exact) mass is 556 g/mol. The first-order chi connectivity index (χ1) is 17.7. The van der Waals surface area contributed by atoms with E-state index in [9.17, 15) is 0 Å². The van der Waals surface area contributed by atoms with E-state index in [0.29, 0.717) is 24.7 Å². The van der Waals surface area contributed by atoms with Gasteiger partial charge in [0.1, 0.15) is 0 Å². The first-order valence-corrected chi connectivity index (χ1v) is 15.9. The van der Waals surface area contributed by atoms with Gasteiger partial charge < -0.3 is 27.4 Å². The van der Waals surface area contributed by atoms with Crippen LogP contribution in [-0.4, -0.2) is 89.0 Å². The number of hydrogen-bond acceptors (Lipinski definition) is 7. The smallest absolute Gasteiger partial charge is 0.0547 e. The van der Waals surface area contributed by atoms with Crippen LogP contribution >= 0.6 is 0 Å². The molecular formula is C32H73N7. The van der Waals surface area contributed by atoms with Crippen LogP contribution in [0.3, 0.4) is 0 Å². The topological polar surface area (TPSA) is 94.6 Å². The molecule has 2 atom stereocenters. The molecule has 0 aromatic carbocycles. The number of rotatable bonds is 22. The second kappa shape index (κ2) is 17.0. The molecule has 7 nitrogen and oxygen atoms in total. The maximum Gasteiger partial charge on any atom is 0.0547 e. The van der Waals surface area contributed by atoms with Gasteiger partial charge >= 0.3 is 0 Å². The lowest BCUT2D eigenvalue weighted by Crippen LogP contribution is -2.62. The molecule has 0 aliphatic carbocycles. The SMILES string of the molecule is CC(C)NCCC(C)N(C(C)(C)CCNC(C)(C)CCN)C(C)(C)CCN(C(C)N)C(C)(C)CCNC(C)C. The third-order valence-corrected chi connectivity index (χ3v) is 8.49. The minimum atomic E-state index is 0.00687. The van der Waals surface area contributed by atoms with Gasteiger partial charge in [-0.1, -0.05) is 27.7 Å². The highest BCUT2D eigenvalue weighted by Crippen LogP contribution is 2.35. The van der Waals surface area contributed by atoms with Crippen LogP contribution in [0.15, 0.2) is 0 Å². The van der Waals surface area contributed by atoms with Gasteiger partial charge in [0, 0.05) is 46.8 Å². The number of hydrogen-bond donors (Lipinski definition) is 5. The maximum absolute atomic E-state index is 6.60. The zero-order valence-corrected chi connectivity index (χ0v) is 28.9. The molecule has 0 amide bonds. The zero-order chi connectivity index (χ0) is 30.7. The molecule has 0 aliphatic heterocycles. The van der Waals surface area contributed by atoms with Gasteiger partial charge in [-0.2, -0.15) is 0 Å². The molecule has 0 rings (SSSR count). The number of nitrogens with two attached hydrogens (primary N) is 2. The van der Waals surface area contributed by atoms with E-state index in [2.05, 4.69) is 123 Å². The van der Waals surface area contributed by atoms with Crippen LogP contribution in [0.25, 0.3) is 0 Å². The van der Waals surface area contributed by atoms with Crippen molar-refractivity contribution in [3.63, 3.8) is 0 Å². The molecule has 0 bridgehead atoms. The van der Waals surface area contributed by atoms with Crippen LogP contribution in [-0.2, 0) is 0 Å². The first-order valence-electron chi connectivity index (χ1n) is 15.9. The molecule has 0 saturated carbocycles. The summed E-state index contributed by atoms with van der Waals surface area (Å²) in [6.45, 7) is 37.1. The van der Waals surface area contributed by atoms with Crippen molar-refractivity contribution in [3.8, 4) is 0 Å². The second-order valence-corrected chi connectivity index (χ2v) is 15.2. The van der Waals surface area contributed by atoms with E-state index in [-0.39, 0.29) is 28.3 Å². The number of nitrogens with one attached hydrogen (secondary N) is 3. The Morgan fingerprint density at radius 2 is 1.13 bits per heavy atom. The normalized spacial score (nSPS) is 15.7. The average molecular weight is 556 g/mol. The van der Waals surface area contributed by atoms with E-state index >= 15 is 0 Å². The van der Waals surface area contributed by atoms with Gasteiger partial charge in [0.2, 0.25) is 0 Å². The molecule has 7 N–H and O–H groups in total. The van der Waals surface area contributed by atoms with Crippen LogP contribution in [0.1, 0.15) is 129 Å². The minimum Gasteiger partial charge on any atom is -0.330 e. The fourth-order valence-electron chi connectivity index (χ4n) is 6.38. The Balaban J connectivity index is 5.80. The summed E-state index contributed by atoms with van der Waals surface area (Å²) in [5, 5.41) is 11.0. The Bertz CT molecular complexity index is 640. The molecule has 236 valence electrons. The van der Waals surface area contributed by atoms with Crippen molar-refractivity contribution in [1.82, 2.24) is 25.8 Å². The second-order valence-electron chi connectivity index (χ2n) is 15.2. The summed E-state index contributed by atoms with van der Waals surface area (Å²) < 4.78 is 0. The largest absolute Gasteiger partial charge is 0.330 e. The Morgan fingerprint density at radius 3 is 1.62 bits per heavy atom. The predicted molar refractivity (Wildman–Crippen MR) is 174 cm³/mol. The van der Waals surface area contributed by atoms with Crippen LogP contribution in [0.4, 0.5) is 0 Å². The third kappa shape index (κ3) is 15.0. The summed E-state index contributed by atoms with van der Waals surface area (Å²) in [5.74, 6) is 0. The number of nitrogens with zero attached hydrogens (tertiary/aromatic N) is 2. The van der Waals surface area contributed by atoms with Crippen molar-refractivity contribution in [2.24, 2.45) is 11.5 Å². The highest BCUT2D eigenvalue weighted by atomic mass is 15.3. The Morgan fingerprint density at radius 1 is 0.641 bits per heavy atom. The van der Waals surface area contributed by atoms with Crippen molar-refractivity contribution < 1.29 is 0 Å². The molecule has 0 aromatic heterocycles. The van der Waals surface area contributed by atoms with Gasteiger partial charge in [0.15, 0.2) is 0 Å². The molecule has 0 spiro atoms. The Hall–Kier alpha value is -0.280. The molecule has 7 heteroatoms. The van der Waals surface area contributed by atoms with E-state index in [1.54, 1.807) is 0 Å². The minimum absolute atomic E-state index is 0.00687. The summed E-state index contributed by atoms with van der Waals surface area (Å²) in [6, 6.07) is 1.46. The third-order valence-electron chi connectivity index (χ3n) is 8.49. The summed E-state index contributed by atoms with van der Waals surface area (Å²) in [5.41, 5.74) is 12.6. The van der Waals surface area contributed by atoms with E-state index in [1.807, 2.05) is 0 Å². The summed E-state index contributed by atoms with van der Waals surface area (Å²) in [7, 11) is 0. The fraction of sp³-hybridized carbons (Fsp3) is 1.00. The molecule has 0 saturated heterocycles. The lowest BCUT2D eigenvalue weighted by Gasteiger charge is -2.54. The van der Waals surface area contributed by atoms with Crippen molar-refractivity contribution in [3.05, 3.63) is 0 Å².